The highest BCUT2D eigenvalue weighted by atomic mass is 15.2. The van der Waals surface area contributed by atoms with E-state index in [2.05, 4.69) is 9.97 Å². The van der Waals surface area contributed by atoms with Crippen LogP contribution in [-0.2, 0) is 13.5 Å². The van der Waals surface area contributed by atoms with Crippen molar-refractivity contribution in [3.63, 3.8) is 0 Å². The normalized spacial score (nSPS) is 10.7. The predicted octanol–water partition coefficient (Wildman–Crippen LogP) is 0.107. The lowest BCUT2D eigenvalue weighted by atomic mass is 10.4. The zero-order valence-electron chi connectivity index (χ0n) is 8.09. The molecule has 0 fully saturated rings. The van der Waals surface area contributed by atoms with Crippen molar-refractivity contribution in [3.05, 3.63) is 30.6 Å². The Morgan fingerprint density at radius 2 is 2.07 bits per heavy atom. The van der Waals surface area contributed by atoms with Crippen LogP contribution < -0.4 is 5.73 Å². The average Bonchev–Trinajstić information content (AvgIpc) is 2.74. The van der Waals surface area contributed by atoms with Crippen molar-refractivity contribution in [2.45, 2.75) is 6.42 Å². The summed E-state index contributed by atoms with van der Waals surface area (Å²) in [6.45, 7) is 0.599. The zero-order valence-corrected chi connectivity index (χ0v) is 8.09. The number of nitrogens with zero attached hydrogens (tertiary/aromatic N) is 4. The van der Waals surface area contributed by atoms with E-state index in [0.717, 1.165) is 18.2 Å². The maximum atomic E-state index is 5.50. The third-order valence-electron chi connectivity index (χ3n) is 2.10. The Bertz CT molecular complexity index is 414. The van der Waals surface area contributed by atoms with Gasteiger partial charge >= 0.3 is 0 Å². The summed E-state index contributed by atoms with van der Waals surface area (Å²) in [5.74, 6) is 1.81. The van der Waals surface area contributed by atoms with Gasteiger partial charge in [-0.05, 0) is 6.54 Å². The van der Waals surface area contributed by atoms with Gasteiger partial charge in [0.2, 0.25) is 5.95 Å². The van der Waals surface area contributed by atoms with Gasteiger partial charge in [0.1, 0.15) is 5.82 Å². The summed E-state index contributed by atoms with van der Waals surface area (Å²) in [4.78, 5) is 8.48. The number of aryl methyl sites for hydroxylation is 1. The molecule has 0 aliphatic carbocycles. The highest BCUT2D eigenvalue weighted by Crippen LogP contribution is 2.07. The van der Waals surface area contributed by atoms with Crippen molar-refractivity contribution in [2.75, 3.05) is 6.54 Å². The molecule has 0 aliphatic rings. The molecule has 0 bridgehead atoms. The Labute approximate surface area is 82.2 Å². The van der Waals surface area contributed by atoms with Crippen LogP contribution in [0.3, 0.4) is 0 Å². The van der Waals surface area contributed by atoms with Gasteiger partial charge in [0.15, 0.2) is 0 Å². The molecule has 0 saturated carbocycles. The maximum Gasteiger partial charge on any atom is 0.214 e. The lowest BCUT2D eigenvalue weighted by Gasteiger charge is -2.05. The molecule has 0 aromatic carbocycles. The SMILES string of the molecule is Cn1ccnc1-n1ccnc1CCN. The van der Waals surface area contributed by atoms with Crippen molar-refractivity contribution in [1.29, 1.82) is 0 Å². The Balaban J connectivity index is 2.41. The van der Waals surface area contributed by atoms with E-state index in [9.17, 15) is 0 Å². The highest BCUT2D eigenvalue weighted by molar-refractivity contribution is 5.16. The summed E-state index contributed by atoms with van der Waals surface area (Å²) in [6.07, 6.45) is 8.09. The fraction of sp³-hybridized carbons (Fsp3) is 0.333. The molecule has 0 unspecified atom stereocenters. The molecule has 14 heavy (non-hydrogen) atoms. The summed E-state index contributed by atoms with van der Waals surface area (Å²) in [5, 5.41) is 0. The molecule has 0 saturated heterocycles. The van der Waals surface area contributed by atoms with Crippen LogP contribution in [-0.4, -0.2) is 25.6 Å². The first-order chi connectivity index (χ1) is 6.83. The zero-order chi connectivity index (χ0) is 9.97. The minimum atomic E-state index is 0.599. The van der Waals surface area contributed by atoms with Gasteiger partial charge in [0.25, 0.3) is 0 Å². The van der Waals surface area contributed by atoms with E-state index in [4.69, 9.17) is 5.73 Å². The first kappa shape index (κ1) is 8.96. The number of hydrogen-bond acceptors (Lipinski definition) is 3. The summed E-state index contributed by atoms with van der Waals surface area (Å²) in [7, 11) is 1.95. The topological polar surface area (TPSA) is 61.7 Å². The molecular weight excluding hydrogens is 178 g/mol. The molecule has 2 rings (SSSR count). The second kappa shape index (κ2) is 3.63. The Hall–Kier alpha value is -1.62. The number of imidazole rings is 2. The van der Waals surface area contributed by atoms with Crippen LogP contribution in [0.15, 0.2) is 24.8 Å². The summed E-state index contributed by atoms with van der Waals surface area (Å²) < 4.78 is 3.90. The molecule has 5 heteroatoms. The summed E-state index contributed by atoms with van der Waals surface area (Å²) >= 11 is 0. The number of rotatable bonds is 3. The molecule has 5 nitrogen and oxygen atoms in total. The molecule has 74 valence electrons. The summed E-state index contributed by atoms with van der Waals surface area (Å²) in [6, 6.07) is 0. The van der Waals surface area contributed by atoms with Crippen LogP contribution in [0.4, 0.5) is 0 Å². The van der Waals surface area contributed by atoms with Gasteiger partial charge in [-0.25, -0.2) is 9.97 Å². The predicted molar refractivity (Wildman–Crippen MR) is 53.1 cm³/mol. The largest absolute Gasteiger partial charge is 0.330 e. The highest BCUT2D eigenvalue weighted by Gasteiger charge is 2.07. The van der Waals surface area contributed by atoms with E-state index in [0.29, 0.717) is 6.54 Å². The minimum absolute atomic E-state index is 0.599. The van der Waals surface area contributed by atoms with Gasteiger partial charge < -0.3 is 10.3 Å². The third-order valence-corrected chi connectivity index (χ3v) is 2.10. The van der Waals surface area contributed by atoms with Gasteiger partial charge in [0, 0.05) is 38.3 Å². The van der Waals surface area contributed by atoms with Crippen LogP contribution >= 0.6 is 0 Å². The van der Waals surface area contributed by atoms with Crippen molar-refractivity contribution in [1.82, 2.24) is 19.1 Å². The van der Waals surface area contributed by atoms with E-state index >= 15 is 0 Å². The Morgan fingerprint density at radius 3 is 2.71 bits per heavy atom. The third kappa shape index (κ3) is 1.42. The Morgan fingerprint density at radius 1 is 1.29 bits per heavy atom. The lowest BCUT2D eigenvalue weighted by molar-refractivity contribution is 0.761. The van der Waals surface area contributed by atoms with Crippen molar-refractivity contribution in [3.8, 4) is 5.95 Å². The smallest absolute Gasteiger partial charge is 0.214 e. The first-order valence-corrected chi connectivity index (χ1v) is 4.53. The molecule has 0 atom stereocenters. The monoisotopic (exact) mass is 191 g/mol. The van der Waals surface area contributed by atoms with Crippen LogP contribution in [0.5, 0.6) is 0 Å². The second-order valence-corrected chi connectivity index (χ2v) is 3.09. The molecule has 0 amide bonds. The van der Waals surface area contributed by atoms with Crippen molar-refractivity contribution < 1.29 is 0 Å². The lowest BCUT2D eigenvalue weighted by Crippen LogP contribution is -2.11. The second-order valence-electron chi connectivity index (χ2n) is 3.09. The Kier molecular flexibility index (Phi) is 2.32. The van der Waals surface area contributed by atoms with E-state index in [1.54, 1.807) is 12.4 Å². The molecule has 2 aromatic rings. The van der Waals surface area contributed by atoms with Gasteiger partial charge in [0.05, 0.1) is 0 Å². The van der Waals surface area contributed by atoms with Crippen LogP contribution in [0.2, 0.25) is 0 Å². The van der Waals surface area contributed by atoms with E-state index in [1.807, 2.05) is 28.6 Å². The van der Waals surface area contributed by atoms with Crippen LogP contribution in [0, 0.1) is 0 Å². The van der Waals surface area contributed by atoms with Crippen molar-refractivity contribution in [2.24, 2.45) is 12.8 Å². The van der Waals surface area contributed by atoms with Crippen molar-refractivity contribution >= 4 is 0 Å². The first-order valence-electron chi connectivity index (χ1n) is 4.53. The van der Waals surface area contributed by atoms with Crippen LogP contribution in [0.25, 0.3) is 5.95 Å². The summed E-state index contributed by atoms with van der Waals surface area (Å²) in [5.41, 5.74) is 5.50. The van der Waals surface area contributed by atoms with Crippen LogP contribution in [0.1, 0.15) is 5.82 Å². The van der Waals surface area contributed by atoms with E-state index < -0.39 is 0 Å². The van der Waals surface area contributed by atoms with Gasteiger partial charge in [-0.3, -0.25) is 4.57 Å². The fourth-order valence-electron chi connectivity index (χ4n) is 1.42. The molecule has 2 aromatic heterocycles. The molecule has 2 N–H and O–H groups in total. The van der Waals surface area contributed by atoms with E-state index in [1.165, 1.54) is 0 Å². The quantitative estimate of drug-likeness (QED) is 0.748. The van der Waals surface area contributed by atoms with E-state index in [-0.39, 0.29) is 0 Å². The molecule has 0 spiro atoms. The molecular formula is C9H13N5. The maximum absolute atomic E-state index is 5.50. The molecule has 0 aliphatic heterocycles. The number of hydrogen-bond donors (Lipinski definition) is 1. The number of nitrogens with two attached hydrogens (primary N) is 1. The van der Waals surface area contributed by atoms with Gasteiger partial charge in [-0.1, -0.05) is 0 Å². The standard InChI is InChI=1S/C9H13N5/c1-13-6-4-12-9(13)14-7-5-11-8(14)2-3-10/h4-7H,2-3,10H2,1H3. The average molecular weight is 191 g/mol. The molecule has 0 radical (unpaired) electrons. The number of aromatic nitrogens is 4. The van der Waals surface area contributed by atoms with Gasteiger partial charge in [-0.15, -0.1) is 0 Å². The fourth-order valence-corrected chi connectivity index (χ4v) is 1.42. The molecule has 2 heterocycles. The minimum Gasteiger partial charge on any atom is -0.330 e. The van der Waals surface area contributed by atoms with Gasteiger partial charge in [-0.2, -0.15) is 0 Å².